The number of amides is 1. The van der Waals surface area contributed by atoms with Gasteiger partial charge in [-0.15, -0.1) is 0 Å². The Labute approximate surface area is 155 Å². The lowest BCUT2D eigenvalue weighted by atomic mass is 10.1. The molecule has 0 bridgehead atoms. The molecule has 0 unspecified atom stereocenters. The molecule has 4 rings (SSSR count). The Morgan fingerprint density at radius 2 is 1.78 bits per heavy atom. The minimum Gasteiger partial charge on any atom is -0.497 e. The number of methoxy groups -OCH3 is 1. The molecule has 0 aliphatic heterocycles. The van der Waals surface area contributed by atoms with E-state index in [1.807, 2.05) is 48.5 Å². The second-order valence-corrected chi connectivity index (χ2v) is 6.12. The van der Waals surface area contributed by atoms with Gasteiger partial charge >= 0.3 is 0 Å². The van der Waals surface area contributed by atoms with E-state index < -0.39 is 0 Å². The summed E-state index contributed by atoms with van der Waals surface area (Å²) in [6.07, 6.45) is 0. The number of benzene rings is 3. The van der Waals surface area contributed by atoms with E-state index in [9.17, 15) is 9.59 Å². The van der Waals surface area contributed by atoms with Gasteiger partial charge in [-0.25, -0.2) is 5.43 Å². The van der Waals surface area contributed by atoms with Crippen molar-refractivity contribution in [3.8, 4) is 5.75 Å². The van der Waals surface area contributed by atoms with Crippen LogP contribution in [-0.2, 0) is 4.79 Å². The van der Waals surface area contributed by atoms with Gasteiger partial charge in [0.05, 0.1) is 13.7 Å². The van der Waals surface area contributed by atoms with E-state index in [1.165, 1.54) is 0 Å². The zero-order valence-corrected chi connectivity index (χ0v) is 14.7. The van der Waals surface area contributed by atoms with E-state index in [-0.39, 0.29) is 23.9 Å². The van der Waals surface area contributed by atoms with Crippen LogP contribution in [0.4, 0.5) is 5.69 Å². The highest BCUT2D eigenvalue weighted by Crippen LogP contribution is 2.30. The minimum atomic E-state index is -0.346. The van der Waals surface area contributed by atoms with Gasteiger partial charge in [-0.05, 0) is 17.5 Å². The molecular formula is C21H17N3O3. The van der Waals surface area contributed by atoms with Crippen molar-refractivity contribution in [3.05, 3.63) is 71.8 Å². The van der Waals surface area contributed by atoms with E-state index in [4.69, 9.17) is 4.74 Å². The summed E-state index contributed by atoms with van der Waals surface area (Å²) >= 11 is 0. The summed E-state index contributed by atoms with van der Waals surface area (Å²) in [5, 5.41) is 8.95. The van der Waals surface area contributed by atoms with E-state index in [1.54, 1.807) is 19.2 Å². The summed E-state index contributed by atoms with van der Waals surface area (Å²) in [5.74, 6) is 0.173. The molecule has 3 aromatic carbocycles. The molecule has 3 aromatic rings. The zero-order valence-electron chi connectivity index (χ0n) is 14.7. The number of ketones is 1. The molecule has 0 fully saturated rings. The molecule has 1 amide bonds. The molecule has 0 saturated heterocycles. The van der Waals surface area contributed by atoms with Crippen molar-refractivity contribution in [1.82, 2.24) is 5.43 Å². The number of Topliss-reactive ketones (excluding diaryl/α,β-unsaturated/α-hetero) is 1. The van der Waals surface area contributed by atoms with Crippen molar-refractivity contribution in [3.63, 3.8) is 0 Å². The molecule has 0 aromatic heterocycles. The van der Waals surface area contributed by atoms with Crippen LogP contribution >= 0.6 is 0 Å². The standard InChI is InChI=1S/C21H17N3O3/c1-27-15-8-4-7-14(11-15)22-12-18(25)23-24-20-16-9-2-5-13-6-3-10-17(19(13)16)21(20)26/h2-11,22H,12H2,1H3,(H,23,25)/b24-20-. The lowest BCUT2D eigenvalue weighted by molar-refractivity contribution is -0.119. The second kappa shape index (κ2) is 6.92. The smallest absolute Gasteiger partial charge is 0.259 e. The molecule has 27 heavy (non-hydrogen) atoms. The first-order valence-corrected chi connectivity index (χ1v) is 8.48. The van der Waals surface area contributed by atoms with Gasteiger partial charge < -0.3 is 10.1 Å². The molecule has 6 nitrogen and oxygen atoms in total. The number of hydrogen-bond donors (Lipinski definition) is 2. The van der Waals surface area contributed by atoms with E-state index in [0.717, 1.165) is 22.0 Å². The highest BCUT2D eigenvalue weighted by Gasteiger charge is 2.28. The van der Waals surface area contributed by atoms with Gasteiger partial charge in [-0.1, -0.05) is 42.5 Å². The summed E-state index contributed by atoms with van der Waals surface area (Å²) in [7, 11) is 1.58. The van der Waals surface area contributed by atoms with Crippen molar-refractivity contribution in [2.24, 2.45) is 5.10 Å². The third kappa shape index (κ3) is 3.13. The maximum Gasteiger partial charge on any atom is 0.259 e. The Morgan fingerprint density at radius 1 is 1.04 bits per heavy atom. The van der Waals surface area contributed by atoms with Gasteiger partial charge in [0, 0.05) is 28.3 Å². The highest BCUT2D eigenvalue weighted by molar-refractivity contribution is 6.59. The van der Waals surface area contributed by atoms with Gasteiger partial charge in [0.2, 0.25) is 5.78 Å². The first-order chi connectivity index (χ1) is 13.2. The Morgan fingerprint density at radius 3 is 2.56 bits per heavy atom. The SMILES string of the molecule is COc1cccc(NCC(=O)N/N=C2\C(=O)c3cccc4cccc2c34)c1. The molecule has 1 aliphatic rings. The number of rotatable bonds is 5. The summed E-state index contributed by atoms with van der Waals surface area (Å²) in [4.78, 5) is 24.8. The fraction of sp³-hybridized carbons (Fsp3) is 0.0952. The molecule has 134 valence electrons. The molecule has 0 radical (unpaired) electrons. The topological polar surface area (TPSA) is 79.8 Å². The van der Waals surface area contributed by atoms with Gasteiger partial charge in [-0.3, -0.25) is 9.59 Å². The van der Waals surface area contributed by atoms with Crippen LogP contribution in [0.5, 0.6) is 5.75 Å². The highest BCUT2D eigenvalue weighted by atomic mass is 16.5. The van der Waals surface area contributed by atoms with Crippen LogP contribution in [0.15, 0.2) is 65.8 Å². The minimum absolute atomic E-state index is 0.0231. The number of anilines is 1. The summed E-state index contributed by atoms with van der Waals surface area (Å²) in [6.45, 7) is 0.0231. The quantitative estimate of drug-likeness (QED) is 0.687. The van der Waals surface area contributed by atoms with Crippen molar-refractivity contribution in [1.29, 1.82) is 0 Å². The van der Waals surface area contributed by atoms with Gasteiger partial charge in [0.1, 0.15) is 11.5 Å². The number of nitrogens with one attached hydrogen (secondary N) is 2. The fourth-order valence-electron chi connectivity index (χ4n) is 3.16. The fourth-order valence-corrected chi connectivity index (χ4v) is 3.16. The summed E-state index contributed by atoms with van der Waals surface area (Å²) in [6, 6.07) is 18.5. The van der Waals surface area contributed by atoms with Gasteiger partial charge in [-0.2, -0.15) is 5.10 Å². The Bertz CT molecular complexity index is 1080. The molecule has 1 aliphatic carbocycles. The van der Waals surface area contributed by atoms with Crippen LogP contribution in [0.2, 0.25) is 0 Å². The Hall–Kier alpha value is -3.67. The monoisotopic (exact) mass is 359 g/mol. The van der Waals surface area contributed by atoms with Crippen LogP contribution < -0.4 is 15.5 Å². The van der Waals surface area contributed by atoms with E-state index >= 15 is 0 Å². The molecule has 0 atom stereocenters. The number of carbonyl (C=O) groups excluding carboxylic acids is 2. The molecule has 0 spiro atoms. The maximum atomic E-state index is 12.6. The summed E-state index contributed by atoms with van der Waals surface area (Å²) in [5.41, 5.74) is 4.84. The Kier molecular flexibility index (Phi) is 4.30. The van der Waals surface area contributed by atoms with Crippen molar-refractivity contribution in [2.45, 2.75) is 0 Å². The van der Waals surface area contributed by atoms with E-state index in [0.29, 0.717) is 11.3 Å². The first-order valence-electron chi connectivity index (χ1n) is 8.48. The normalized spacial score (nSPS) is 13.8. The maximum absolute atomic E-state index is 12.6. The van der Waals surface area contributed by atoms with E-state index in [2.05, 4.69) is 15.8 Å². The largest absolute Gasteiger partial charge is 0.497 e. The molecule has 6 heteroatoms. The average Bonchev–Trinajstić information content (AvgIpc) is 2.98. The Balaban J connectivity index is 1.48. The van der Waals surface area contributed by atoms with Crippen molar-refractivity contribution in [2.75, 3.05) is 19.0 Å². The number of nitrogens with zero attached hydrogens (tertiary/aromatic N) is 1. The summed E-state index contributed by atoms with van der Waals surface area (Å²) < 4.78 is 5.15. The van der Waals surface area contributed by atoms with Gasteiger partial charge in [0.15, 0.2) is 0 Å². The second-order valence-electron chi connectivity index (χ2n) is 6.12. The zero-order chi connectivity index (χ0) is 18.8. The average molecular weight is 359 g/mol. The van der Waals surface area contributed by atoms with Crippen LogP contribution in [0.3, 0.4) is 0 Å². The number of ether oxygens (including phenoxy) is 1. The van der Waals surface area contributed by atoms with Crippen LogP contribution in [0.1, 0.15) is 15.9 Å². The molecular weight excluding hydrogens is 342 g/mol. The molecule has 0 heterocycles. The lowest BCUT2D eigenvalue weighted by Gasteiger charge is -2.07. The molecule has 0 saturated carbocycles. The first kappa shape index (κ1) is 16.8. The van der Waals surface area contributed by atoms with Crippen LogP contribution in [-0.4, -0.2) is 31.1 Å². The van der Waals surface area contributed by atoms with Gasteiger partial charge in [0.25, 0.3) is 5.91 Å². The van der Waals surface area contributed by atoms with Crippen LogP contribution in [0, 0.1) is 0 Å². The van der Waals surface area contributed by atoms with Crippen LogP contribution in [0.25, 0.3) is 10.8 Å². The predicted octanol–water partition coefficient (Wildman–Crippen LogP) is 2.98. The molecule has 2 N–H and O–H groups in total. The third-order valence-corrected chi connectivity index (χ3v) is 4.43. The number of hydrogen-bond acceptors (Lipinski definition) is 5. The predicted molar refractivity (Wildman–Crippen MR) is 104 cm³/mol. The van der Waals surface area contributed by atoms with Crippen molar-refractivity contribution >= 4 is 33.9 Å². The number of hydrazone groups is 1. The lowest BCUT2D eigenvalue weighted by Crippen LogP contribution is -2.28. The third-order valence-electron chi connectivity index (χ3n) is 4.43. The van der Waals surface area contributed by atoms with Crippen molar-refractivity contribution < 1.29 is 14.3 Å². The number of carbonyl (C=O) groups is 2.